The number of ether oxygens (including phenoxy) is 2. The van der Waals surface area contributed by atoms with Crippen LogP contribution >= 0.6 is 0 Å². The van der Waals surface area contributed by atoms with Gasteiger partial charge in [0, 0.05) is 17.1 Å². The molecule has 0 amide bonds. The van der Waals surface area contributed by atoms with Crippen LogP contribution in [0.4, 0.5) is 17.1 Å². The Hall–Kier alpha value is -3.47. The Morgan fingerprint density at radius 1 is 0.692 bits per heavy atom. The highest BCUT2D eigenvalue weighted by Gasteiger charge is 2.13. The van der Waals surface area contributed by atoms with Crippen molar-refractivity contribution in [2.75, 3.05) is 19.1 Å². The minimum atomic E-state index is -0.947. The molecule has 0 saturated heterocycles. The Bertz CT molecular complexity index is 824. The topological polar surface area (TPSA) is 59.0 Å². The molecular formula is C21H19NO4. The summed E-state index contributed by atoms with van der Waals surface area (Å²) in [6.07, 6.45) is 0. The lowest BCUT2D eigenvalue weighted by Gasteiger charge is -2.25. The van der Waals surface area contributed by atoms with E-state index < -0.39 is 5.97 Å². The Balaban J connectivity index is 2.06. The molecule has 26 heavy (non-hydrogen) atoms. The molecule has 3 rings (SSSR count). The molecule has 0 unspecified atom stereocenters. The summed E-state index contributed by atoms with van der Waals surface area (Å²) in [5.74, 6) is 0.589. The van der Waals surface area contributed by atoms with E-state index in [1.54, 1.807) is 38.5 Å². The zero-order valence-electron chi connectivity index (χ0n) is 14.5. The summed E-state index contributed by atoms with van der Waals surface area (Å²) in [5, 5.41) is 9.12. The number of benzene rings is 3. The van der Waals surface area contributed by atoms with Crippen LogP contribution in [0.15, 0.2) is 72.8 Å². The SMILES string of the molecule is COc1ccc(N(c2ccc(OC)cc2)c2ccc(C(=O)O)cc2)cc1. The fraction of sp³-hybridized carbons (Fsp3) is 0.0952. The van der Waals surface area contributed by atoms with Gasteiger partial charge in [-0.15, -0.1) is 0 Å². The molecular weight excluding hydrogens is 330 g/mol. The number of rotatable bonds is 6. The molecule has 3 aromatic carbocycles. The maximum absolute atomic E-state index is 11.1. The standard InChI is InChI=1S/C21H19NO4/c1-25-19-11-7-17(8-12-19)22(18-9-13-20(26-2)14-10-18)16-5-3-15(4-6-16)21(23)24/h3-14H,1-2H3,(H,23,24). The largest absolute Gasteiger partial charge is 0.497 e. The third kappa shape index (κ3) is 3.62. The quantitative estimate of drug-likeness (QED) is 0.688. The first-order valence-corrected chi connectivity index (χ1v) is 8.04. The van der Waals surface area contributed by atoms with Crippen LogP contribution in [0.3, 0.4) is 0 Å². The highest BCUT2D eigenvalue weighted by atomic mass is 16.5. The maximum atomic E-state index is 11.1. The van der Waals surface area contributed by atoms with Crippen molar-refractivity contribution in [3.8, 4) is 11.5 Å². The van der Waals surface area contributed by atoms with Gasteiger partial charge in [0.2, 0.25) is 0 Å². The van der Waals surface area contributed by atoms with Crippen LogP contribution in [-0.2, 0) is 0 Å². The normalized spacial score (nSPS) is 10.2. The van der Waals surface area contributed by atoms with E-state index in [0.717, 1.165) is 28.6 Å². The lowest BCUT2D eigenvalue weighted by Crippen LogP contribution is -2.10. The minimum absolute atomic E-state index is 0.248. The number of carboxylic acid groups (broad SMARTS) is 1. The third-order valence-electron chi connectivity index (χ3n) is 4.03. The van der Waals surface area contributed by atoms with E-state index in [1.807, 2.05) is 53.4 Å². The van der Waals surface area contributed by atoms with Gasteiger partial charge >= 0.3 is 5.97 Å². The van der Waals surface area contributed by atoms with E-state index in [4.69, 9.17) is 14.6 Å². The maximum Gasteiger partial charge on any atom is 0.335 e. The van der Waals surface area contributed by atoms with Gasteiger partial charge in [-0.1, -0.05) is 0 Å². The summed E-state index contributed by atoms with van der Waals surface area (Å²) in [5.41, 5.74) is 2.96. The number of hydrogen-bond donors (Lipinski definition) is 1. The average Bonchev–Trinajstić information content (AvgIpc) is 2.69. The first kappa shape index (κ1) is 17.4. The van der Waals surface area contributed by atoms with E-state index in [9.17, 15) is 4.79 Å². The van der Waals surface area contributed by atoms with Gasteiger partial charge in [0.05, 0.1) is 19.8 Å². The molecule has 0 fully saturated rings. The fourth-order valence-electron chi connectivity index (χ4n) is 2.66. The smallest absolute Gasteiger partial charge is 0.335 e. The first-order chi connectivity index (χ1) is 12.6. The zero-order valence-corrected chi connectivity index (χ0v) is 14.5. The average molecular weight is 349 g/mol. The van der Waals surface area contributed by atoms with Gasteiger partial charge in [-0.2, -0.15) is 0 Å². The molecule has 0 saturated carbocycles. The molecule has 0 atom stereocenters. The monoisotopic (exact) mass is 349 g/mol. The van der Waals surface area contributed by atoms with E-state index in [1.165, 1.54) is 0 Å². The number of aromatic carboxylic acids is 1. The van der Waals surface area contributed by atoms with Crippen molar-refractivity contribution in [3.05, 3.63) is 78.4 Å². The zero-order chi connectivity index (χ0) is 18.5. The highest BCUT2D eigenvalue weighted by molar-refractivity contribution is 5.88. The van der Waals surface area contributed by atoms with E-state index in [0.29, 0.717) is 0 Å². The summed E-state index contributed by atoms with van der Waals surface area (Å²) in [4.78, 5) is 13.2. The number of carboxylic acids is 1. The summed E-state index contributed by atoms with van der Waals surface area (Å²) >= 11 is 0. The van der Waals surface area contributed by atoms with Crippen molar-refractivity contribution < 1.29 is 19.4 Å². The molecule has 5 nitrogen and oxygen atoms in total. The van der Waals surface area contributed by atoms with Crippen LogP contribution in [0.5, 0.6) is 11.5 Å². The molecule has 0 bridgehead atoms. The molecule has 0 aliphatic heterocycles. The van der Waals surface area contributed by atoms with Crippen molar-refractivity contribution in [1.29, 1.82) is 0 Å². The Morgan fingerprint density at radius 3 is 1.35 bits per heavy atom. The molecule has 132 valence electrons. The molecule has 0 radical (unpaired) electrons. The van der Waals surface area contributed by atoms with Gasteiger partial charge in [0.15, 0.2) is 0 Å². The Labute approximate surface area is 152 Å². The van der Waals surface area contributed by atoms with Crippen LogP contribution < -0.4 is 14.4 Å². The van der Waals surface area contributed by atoms with Gasteiger partial charge in [-0.3, -0.25) is 0 Å². The van der Waals surface area contributed by atoms with Crippen molar-refractivity contribution in [2.24, 2.45) is 0 Å². The van der Waals surface area contributed by atoms with Crippen LogP contribution in [0.1, 0.15) is 10.4 Å². The second-order valence-corrected chi connectivity index (χ2v) is 5.58. The number of methoxy groups -OCH3 is 2. The lowest BCUT2D eigenvalue weighted by molar-refractivity contribution is 0.0697. The van der Waals surface area contributed by atoms with Crippen molar-refractivity contribution in [2.45, 2.75) is 0 Å². The highest BCUT2D eigenvalue weighted by Crippen LogP contribution is 2.36. The van der Waals surface area contributed by atoms with Crippen molar-refractivity contribution in [3.63, 3.8) is 0 Å². The van der Waals surface area contributed by atoms with Crippen LogP contribution in [0.25, 0.3) is 0 Å². The van der Waals surface area contributed by atoms with Gasteiger partial charge in [0.25, 0.3) is 0 Å². The number of carbonyl (C=O) groups is 1. The predicted molar refractivity (Wildman–Crippen MR) is 101 cm³/mol. The molecule has 0 aromatic heterocycles. The van der Waals surface area contributed by atoms with Crippen LogP contribution in [0, 0.1) is 0 Å². The molecule has 0 heterocycles. The van der Waals surface area contributed by atoms with Gasteiger partial charge < -0.3 is 19.5 Å². The predicted octanol–water partition coefficient (Wildman–Crippen LogP) is 4.87. The molecule has 5 heteroatoms. The Morgan fingerprint density at radius 2 is 1.04 bits per heavy atom. The molecule has 3 aromatic rings. The van der Waals surface area contributed by atoms with Crippen molar-refractivity contribution in [1.82, 2.24) is 0 Å². The Kier molecular flexibility index (Phi) is 5.08. The van der Waals surface area contributed by atoms with E-state index >= 15 is 0 Å². The van der Waals surface area contributed by atoms with Gasteiger partial charge in [0.1, 0.15) is 11.5 Å². The number of hydrogen-bond acceptors (Lipinski definition) is 4. The van der Waals surface area contributed by atoms with E-state index in [-0.39, 0.29) is 5.56 Å². The number of nitrogens with zero attached hydrogens (tertiary/aromatic N) is 1. The van der Waals surface area contributed by atoms with Gasteiger partial charge in [-0.25, -0.2) is 4.79 Å². The second-order valence-electron chi connectivity index (χ2n) is 5.58. The van der Waals surface area contributed by atoms with Gasteiger partial charge in [-0.05, 0) is 72.8 Å². The summed E-state index contributed by atoms with van der Waals surface area (Å²) in [7, 11) is 3.25. The molecule has 0 aliphatic rings. The summed E-state index contributed by atoms with van der Waals surface area (Å²) in [6.45, 7) is 0. The van der Waals surface area contributed by atoms with Crippen LogP contribution in [0.2, 0.25) is 0 Å². The second kappa shape index (κ2) is 7.61. The van der Waals surface area contributed by atoms with Crippen molar-refractivity contribution >= 4 is 23.0 Å². The fourth-order valence-corrected chi connectivity index (χ4v) is 2.66. The first-order valence-electron chi connectivity index (χ1n) is 8.04. The lowest BCUT2D eigenvalue weighted by atomic mass is 10.1. The molecule has 1 N–H and O–H groups in total. The minimum Gasteiger partial charge on any atom is -0.497 e. The third-order valence-corrected chi connectivity index (χ3v) is 4.03. The summed E-state index contributed by atoms with van der Waals surface area (Å²) < 4.78 is 10.5. The number of anilines is 3. The summed E-state index contributed by atoms with van der Waals surface area (Å²) in [6, 6.07) is 22.1. The molecule has 0 aliphatic carbocycles. The molecule has 0 spiro atoms. The van der Waals surface area contributed by atoms with E-state index in [2.05, 4.69) is 0 Å². The van der Waals surface area contributed by atoms with Crippen LogP contribution in [-0.4, -0.2) is 25.3 Å².